The topological polar surface area (TPSA) is 31.4 Å². The molecule has 172 valence electrons. The van der Waals surface area contributed by atoms with E-state index in [1.807, 2.05) is 0 Å². The van der Waals surface area contributed by atoms with E-state index in [1.54, 1.807) is 0 Å². The summed E-state index contributed by atoms with van der Waals surface area (Å²) in [7, 11) is 0. The minimum atomic E-state index is -0.527. The van der Waals surface area contributed by atoms with Crippen molar-refractivity contribution in [3.8, 4) is 11.4 Å². The van der Waals surface area contributed by atoms with Crippen LogP contribution in [0.25, 0.3) is 55.0 Å². The monoisotopic (exact) mass is 576 g/mol. The third kappa shape index (κ3) is 2.83. The van der Waals surface area contributed by atoms with Crippen LogP contribution in [0.1, 0.15) is 5.56 Å². The van der Waals surface area contributed by atoms with Gasteiger partial charge in [0, 0.05) is 0 Å². The minimum absolute atomic E-state index is 0.527. The van der Waals surface area contributed by atoms with Gasteiger partial charge >= 0.3 is 219 Å². The van der Waals surface area contributed by atoms with E-state index in [0.29, 0.717) is 0 Å². The van der Waals surface area contributed by atoms with E-state index in [9.17, 15) is 0 Å². The first kappa shape index (κ1) is 20.1. The average molecular weight is 576 g/mol. The summed E-state index contributed by atoms with van der Waals surface area (Å²) in [6, 6.07) is 41.2. The molecule has 1 aliphatic heterocycles. The fraction of sp³-hybridized carbons (Fsp3) is 0. The predicted molar refractivity (Wildman–Crippen MR) is 143 cm³/mol. The number of hydrogen-bond donors (Lipinski definition) is 0. The fourth-order valence-electron chi connectivity index (χ4n) is 5.54. The van der Waals surface area contributed by atoms with E-state index in [0.717, 1.165) is 22.8 Å². The Balaban J connectivity index is 1.50. The van der Waals surface area contributed by atoms with Crippen molar-refractivity contribution in [2.45, 2.75) is 0 Å². The molecule has 0 atom stereocenters. The Kier molecular flexibility index (Phi) is 4.30. The molecule has 0 N–H and O–H groups in total. The standard InChI is InChI=1S/C31H19IN3O/c1-5-13-27-23(9-1)24-10-2-6-14-28(24)34(27)21-17-20(31-33-32-36-31)18-22(19-21)35-29-15-7-3-11-25(29)26-12-4-8-16-30(26)35/h1-19H/q-1. The van der Waals surface area contributed by atoms with E-state index >= 15 is 0 Å². The first-order chi connectivity index (χ1) is 17.9. The quantitative estimate of drug-likeness (QED) is 0.284. The van der Waals surface area contributed by atoms with Gasteiger partial charge in [-0.15, -0.1) is 0 Å². The van der Waals surface area contributed by atoms with Crippen molar-refractivity contribution < 1.29 is 25.0 Å². The SMILES string of the molecule is c1ccc2c(c1)c1ccccc1n2-c1cc(C2=N[I-]O2)cc(-n2c3ccccc3c3ccccc32)c1. The Hall–Kier alpha value is -4.10. The van der Waals surface area contributed by atoms with E-state index in [-0.39, 0.29) is 0 Å². The molecule has 2 aromatic heterocycles. The van der Waals surface area contributed by atoms with Crippen LogP contribution in [-0.4, -0.2) is 15.0 Å². The summed E-state index contributed by atoms with van der Waals surface area (Å²) in [5.41, 5.74) is 7.95. The molecule has 0 fully saturated rings. The van der Waals surface area contributed by atoms with Crippen LogP contribution in [-0.2, 0) is 3.07 Å². The maximum absolute atomic E-state index is 5.85. The number of benzene rings is 5. The Morgan fingerprint density at radius 3 is 1.19 bits per heavy atom. The van der Waals surface area contributed by atoms with Crippen LogP contribution in [0.4, 0.5) is 0 Å². The number of fused-ring (bicyclic) bond motifs is 6. The van der Waals surface area contributed by atoms with E-state index in [4.69, 9.17) is 3.07 Å². The van der Waals surface area contributed by atoms with Gasteiger partial charge in [0.15, 0.2) is 0 Å². The van der Waals surface area contributed by atoms with Gasteiger partial charge in [0.25, 0.3) is 0 Å². The van der Waals surface area contributed by atoms with Crippen LogP contribution in [0, 0.1) is 0 Å². The average Bonchev–Trinajstić information content (AvgIpc) is 3.41. The summed E-state index contributed by atoms with van der Waals surface area (Å²) >= 11 is -0.527. The number of halogens is 1. The Labute approximate surface area is 218 Å². The predicted octanol–water partition coefficient (Wildman–Crippen LogP) is 4.58. The fourth-order valence-corrected chi connectivity index (χ4v) is 6.47. The Bertz CT molecular complexity index is 1780. The van der Waals surface area contributed by atoms with Gasteiger partial charge in [-0.25, -0.2) is 0 Å². The van der Waals surface area contributed by atoms with Crippen molar-refractivity contribution in [3.63, 3.8) is 0 Å². The van der Waals surface area contributed by atoms with Gasteiger partial charge in [0.1, 0.15) is 0 Å². The molecule has 4 nitrogen and oxygen atoms in total. The molecule has 0 radical (unpaired) electrons. The van der Waals surface area contributed by atoms with Gasteiger partial charge in [-0.1, -0.05) is 0 Å². The second kappa shape index (κ2) is 7.70. The van der Waals surface area contributed by atoms with Crippen molar-refractivity contribution >= 4 is 49.5 Å². The van der Waals surface area contributed by atoms with Crippen LogP contribution in [0.15, 0.2) is 118 Å². The van der Waals surface area contributed by atoms with Crippen molar-refractivity contribution in [3.05, 3.63) is 121 Å². The van der Waals surface area contributed by atoms with Gasteiger partial charge < -0.3 is 0 Å². The van der Waals surface area contributed by atoms with E-state index in [2.05, 4.69) is 128 Å². The molecule has 5 aromatic carbocycles. The molecule has 7 aromatic rings. The van der Waals surface area contributed by atoms with Gasteiger partial charge in [0.2, 0.25) is 0 Å². The molecule has 0 aliphatic carbocycles. The number of rotatable bonds is 3. The second-order valence-corrected chi connectivity index (χ2v) is 10.3. The summed E-state index contributed by atoms with van der Waals surface area (Å²) in [6.45, 7) is 0. The normalized spacial score (nSPS) is 13.5. The molecule has 0 saturated carbocycles. The Morgan fingerprint density at radius 1 is 0.500 bits per heavy atom. The molecule has 1 aliphatic rings. The number of nitrogens with zero attached hydrogens (tertiary/aromatic N) is 3. The van der Waals surface area contributed by atoms with Crippen LogP contribution >= 0.6 is 0 Å². The Morgan fingerprint density at radius 2 is 0.861 bits per heavy atom. The number of hydrogen-bond acceptors (Lipinski definition) is 2. The molecule has 0 unspecified atom stereocenters. The molecule has 36 heavy (non-hydrogen) atoms. The molecular formula is C31H19IN3O-. The molecule has 0 saturated heterocycles. The molecular weight excluding hydrogens is 557 g/mol. The molecule has 0 spiro atoms. The summed E-state index contributed by atoms with van der Waals surface area (Å²) in [4.78, 5) is 0. The molecule has 3 heterocycles. The van der Waals surface area contributed by atoms with Crippen LogP contribution < -0.4 is 21.9 Å². The zero-order valence-corrected chi connectivity index (χ0v) is 21.3. The molecule has 0 bridgehead atoms. The third-order valence-electron chi connectivity index (χ3n) is 7.04. The van der Waals surface area contributed by atoms with Crippen molar-refractivity contribution in [2.24, 2.45) is 3.21 Å². The zero-order valence-electron chi connectivity index (χ0n) is 19.1. The van der Waals surface area contributed by atoms with E-state index in [1.165, 1.54) is 43.6 Å². The van der Waals surface area contributed by atoms with Crippen LogP contribution in [0.2, 0.25) is 0 Å². The first-order valence-corrected chi connectivity index (χ1v) is 13.7. The van der Waals surface area contributed by atoms with Crippen molar-refractivity contribution in [2.75, 3.05) is 0 Å². The van der Waals surface area contributed by atoms with E-state index < -0.39 is 21.9 Å². The van der Waals surface area contributed by atoms with Gasteiger partial charge in [-0.3, -0.25) is 0 Å². The van der Waals surface area contributed by atoms with Gasteiger partial charge in [-0.2, -0.15) is 0 Å². The summed E-state index contributed by atoms with van der Waals surface area (Å²) in [5.74, 6) is 0.743. The van der Waals surface area contributed by atoms with Crippen molar-refractivity contribution in [1.29, 1.82) is 0 Å². The first-order valence-electron chi connectivity index (χ1n) is 11.9. The number of para-hydroxylation sites is 4. The van der Waals surface area contributed by atoms with Crippen LogP contribution in [0.5, 0.6) is 0 Å². The van der Waals surface area contributed by atoms with Gasteiger partial charge in [-0.05, 0) is 0 Å². The summed E-state index contributed by atoms with van der Waals surface area (Å²) < 4.78 is 15.2. The third-order valence-corrected chi connectivity index (χ3v) is 8.29. The molecule has 0 amide bonds. The van der Waals surface area contributed by atoms with Gasteiger partial charge in [0.05, 0.1) is 0 Å². The number of aromatic nitrogens is 2. The summed E-state index contributed by atoms with van der Waals surface area (Å²) in [6.07, 6.45) is 0. The molecule has 5 heteroatoms. The van der Waals surface area contributed by atoms with Crippen LogP contribution in [0.3, 0.4) is 0 Å². The molecule has 8 rings (SSSR count). The van der Waals surface area contributed by atoms with Crippen molar-refractivity contribution in [1.82, 2.24) is 9.13 Å². The second-order valence-electron chi connectivity index (χ2n) is 9.01. The zero-order chi connectivity index (χ0) is 23.6. The maximum atomic E-state index is 5.85. The summed E-state index contributed by atoms with van der Waals surface area (Å²) in [5, 5.41) is 5.00.